The van der Waals surface area contributed by atoms with E-state index in [9.17, 15) is 9.90 Å². The molecule has 4 saturated carbocycles. The summed E-state index contributed by atoms with van der Waals surface area (Å²) in [6.07, 6.45) is 13.4. The maximum Gasteiger partial charge on any atom is 0.220 e. The number of amides is 1. The van der Waals surface area contributed by atoms with Gasteiger partial charge in [0.25, 0.3) is 0 Å². The molecule has 2 N–H and O–H groups in total. The Morgan fingerprint density at radius 3 is 2.48 bits per heavy atom. The molecule has 4 aliphatic rings. The predicted molar refractivity (Wildman–Crippen MR) is 134 cm³/mol. The molecule has 33 heavy (non-hydrogen) atoms. The molecule has 0 heterocycles. The van der Waals surface area contributed by atoms with Gasteiger partial charge in [-0.1, -0.05) is 20.8 Å². The summed E-state index contributed by atoms with van der Waals surface area (Å²) in [6.45, 7) is 12.9. The second-order valence-corrected chi connectivity index (χ2v) is 13.1. The quantitative estimate of drug-likeness (QED) is 0.438. The fourth-order valence-electron chi connectivity index (χ4n) is 9.34. The Bertz CT molecular complexity index is 680. The Labute approximate surface area is 203 Å². The number of aliphatic hydroxyl groups excluding tert-OH is 1. The first kappa shape index (κ1) is 25.5. The number of hydrogen-bond acceptors (Lipinski definition) is 3. The van der Waals surface area contributed by atoms with Gasteiger partial charge in [-0.15, -0.1) is 0 Å². The van der Waals surface area contributed by atoms with E-state index < -0.39 is 0 Å². The van der Waals surface area contributed by atoms with Crippen molar-refractivity contribution in [3.63, 3.8) is 0 Å². The van der Waals surface area contributed by atoms with Gasteiger partial charge in [0.2, 0.25) is 5.91 Å². The summed E-state index contributed by atoms with van der Waals surface area (Å²) in [6, 6.07) is 0. The van der Waals surface area contributed by atoms with Gasteiger partial charge in [-0.25, -0.2) is 0 Å². The first-order chi connectivity index (χ1) is 15.6. The molecule has 4 aliphatic carbocycles. The van der Waals surface area contributed by atoms with Gasteiger partial charge in [0, 0.05) is 13.0 Å². The number of rotatable bonds is 8. The number of carbonyl (C=O) groups excluding carboxylic acids is 1. The molecular formula is C29H51NO3. The van der Waals surface area contributed by atoms with Gasteiger partial charge in [-0.2, -0.15) is 0 Å². The molecule has 4 nitrogen and oxygen atoms in total. The third-order valence-corrected chi connectivity index (χ3v) is 11.1. The minimum absolute atomic E-state index is 0.0508. The lowest BCUT2D eigenvalue weighted by Gasteiger charge is -2.61. The van der Waals surface area contributed by atoms with Crippen LogP contribution in [-0.4, -0.2) is 36.4 Å². The van der Waals surface area contributed by atoms with Crippen molar-refractivity contribution in [2.45, 2.75) is 117 Å². The van der Waals surface area contributed by atoms with Crippen molar-refractivity contribution in [1.29, 1.82) is 0 Å². The molecule has 4 fully saturated rings. The van der Waals surface area contributed by atoms with Crippen molar-refractivity contribution in [3.05, 3.63) is 0 Å². The minimum atomic E-state index is -0.0508. The van der Waals surface area contributed by atoms with Crippen LogP contribution in [0.5, 0.6) is 0 Å². The van der Waals surface area contributed by atoms with Gasteiger partial charge in [-0.3, -0.25) is 4.79 Å². The van der Waals surface area contributed by atoms with Crippen molar-refractivity contribution in [2.24, 2.45) is 46.3 Å². The second-order valence-electron chi connectivity index (χ2n) is 13.1. The van der Waals surface area contributed by atoms with Crippen LogP contribution in [-0.2, 0) is 9.53 Å². The summed E-state index contributed by atoms with van der Waals surface area (Å²) in [5, 5.41) is 13.3. The van der Waals surface area contributed by atoms with Crippen LogP contribution in [0.2, 0.25) is 0 Å². The molecule has 1 amide bonds. The molecule has 0 radical (unpaired) electrons. The summed E-state index contributed by atoms with van der Waals surface area (Å²) in [5.41, 5.74) is 0.921. The van der Waals surface area contributed by atoms with Crippen LogP contribution in [0.3, 0.4) is 0 Å². The molecule has 0 aromatic rings. The van der Waals surface area contributed by atoms with E-state index >= 15 is 0 Å². The highest BCUT2D eigenvalue weighted by Gasteiger charge is 2.60. The van der Waals surface area contributed by atoms with Crippen molar-refractivity contribution < 1.29 is 14.6 Å². The van der Waals surface area contributed by atoms with E-state index in [1.165, 1.54) is 44.9 Å². The van der Waals surface area contributed by atoms with E-state index in [1.54, 1.807) is 0 Å². The summed E-state index contributed by atoms with van der Waals surface area (Å²) in [5.74, 6) is 4.94. The largest absolute Gasteiger partial charge is 0.393 e. The Kier molecular flexibility index (Phi) is 7.85. The van der Waals surface area contributed by atoms with Crippen LogP contribution in [0.1, 0.15) is 105 Å². The van der Waals surface area contributed by atoms with Crippen LogP contribution in [0.25, 0.3) is 0 Å². The molecule has 4 heteroatoms. The van der Waals surface area contributed by atoms with Crippen LogP contribution < -0.4 is 5.32 Å². The maximum absolute atomic E-state index is 12.4. The van der Waals surface area contributed by atoms with Crippen molar-refractivity contribution in [1.82, 2.24) is 5.32 Å². The average Bonchev–Trinajstić information content (AvgIpc) is 3.12. The number of nitrogens with one attached hydrogen (secondary N) is 1. The Hall–Kier alpha value is -0.610. The molecular weight excluding hydrogens is 410 g/mol. The van der Waals surface area contributed by atoms with Gasteiger partial charge in [-0.05, 0) is 124 Å². The fourth-order valence-corrected chi connectivity index (χ4v) is 9.34. The predicted octanol–water partition coefficient (Wildman–Crippen LogP) is 5.96. The van der Waals surface area contributed by atoms with Crippen LogP contribution in [0.4, 0.5) is 0 Å². The number of fused-ring (bicyclic) bond motifs is 5. The molecule has 0 bridgehead atoms. The van der Waals surface area contributed by atoms with Gasteiger partial charge in [0.15, 0.2) is 0 Å². The zero-order valence-corrected chi connectivity index (χ0v) is 22.1. The number of hydrogen-bond donors (Lipinski definition) is 2. The summed E-state index contributed by atoms with van der Waals surface area (Å²) in [7, 11) is 0. The highest BCUT2D eigenvalue weighted by molar-refractivity contribution is 5.75. The van der Waals surface area contributed by atoms with Crippen LogP contribution >= 0.6 is 0 Å². The molecule has 0 aliphatic heterocycles. The summed E-state index contributed by atoms with van der Waals surface area (Å²) in [4.78, 5) is 12.4. The highest BCUT2D eigenvalue weighted by Crippen LogP contribution is 2.68. The standard InChI is InChI=1S/C29H51NO3/c1-19(2)33-17-16-30-27(32)11-6-20(3)24-9-10-25-23-8-7-21-18-22(31)12-14-28(21,4)26(23)13-15-29(24,25)5/h19-26,31H,6-18H2,1-5H3,(H,30,32)/t20?,21-,22-,23+,24?,25+,26+,28+,29-/m1/s1. The van der Waals surface area contributed by atoms with Crippen molar-refractivity contribution >= 4 is 5.91 Å². The topological polar surface area (TPSA) is 58.6 Å². The monoisotopic (exact) mass is 461 g/mol. The van der Waals surface area contributed by atoms with E-state index in [-0.39, 0.29) is 18.1 Å². The van der Waals surface area contributed by atoms with Crippen LogP contribution in [0, 0.1) is 46.3 Å². The Morgan fingerprint density at radius 1 is 1.00 bits per heavy atom. The Balaban J connectivity index is 1.32. The lowest BCUT2D eigenvalue weighted by molar-refractivity contribution is -0.130. The minimum Gasteiger partial charge on any atom is -0.393 e. The van der Waals surface area contributed by atoms with E-state index in [2.05, 4.69) is 26.1 Å². The molecule has 2 unspecified atom stereocenters. The zero-order chi connectivity index (χ0) is 23.8. The fraction of sp³-hybridized carbons (Fsp3) is 0.966. The van der Waals surface area contributed by atoms with Gasteiger partial charge < -0.3 is 15.2 Å². The molecule has 0 saturated heterocycles. The molecule has 9 atom stereocenters. The summed E-state index contributed by atoms with van der Waals surface area (Å²) < 4.78 is 5.53. The lowest BCUT2D eigenvalue weighted by Crippen LogP contribution is -2.54. The van der Waals surface area contributed by atoms with Crippen molar-refractivity contribution in [3.8, 4) is 0 Å². The normalized spacial score (nSPS) is 43.5. The smallest absolute Gasteiger partial charge is 0.220 e. The SMILES string of the molecule is CC(C)OCCNC(=O)CCC(C)C1CC[C@H]2[C@@H]3CC[C@@H]4C[C@H](O)CC[C@]4(C)[C@H]3CC[C@]12C. The molecule has 190 valence electrons. The Morgan fingerprint density at radius 2 is 1.73 bits per heavy atom. The molecule has 4 rings (SSSR count). The van der Waals surface area contributed by atoms with E-state index in [1.807, 2.05) is 13.8 Å². The number of carbonyl (C=O) groups is 1. The van der Waals surface area contributed by atoms with Gasteiger partial charge in [0.1, 0.15) is 0 Å². The third-order valence-electron chi connectivity index (χ3n) is 11.1. The second kappa shape index (κ2) is 10.2. The van der Waals surface area contributed by atoms with E-state index in [0.29, 0.717) is 36.3 Å². The number of ether oxygens (including phenoxy) is 1. The van der Waals surface area contributed by atoms with E-state index in [4.69, 9.17) is 4.74 Å². The zero-order valence-electron chi connectivity index (χ0n) is 22.1. The van der Waals surface area contributed by atoms with Gasteiger partial charge >= 0.3 is 0 Å². The van der Waals surface area contributed by atoms with Gasteiger partial charge in [0.05, 0.1) is 18.8 Å². The van der Waals surface area contributed by atoms with Crippen molar-refractivity contribution in [2.75, 3.05) is 13.2 Å². The molecule has 0 aromatic heterocycles. The highest BCUT2D eigenvalue weighted by atomic mass is 16.5. The summed E-state index contributed by atoms with van der Waals surface area (Å²) >= 11 is 0. The third kappa shape index (κ3) is 5.03. The van der Waals surface area contributed by atoms with E-state index in [0.717, 1.165) is 48.9 Å². The number of aliphatic hydroxyl groups is 1. The molecule has 0 aromatic carbocycles. The maximum atomic E-state index is 12.4. The lowest BCUT2D eigenvalue weighted by atomic mass is 9.44. The first-order valence-corrected chi connectivity index (χ1v) is 14.2. The average molecular weight is 462 g/mol. The first-order valence-electron chi connectivity index (χ1n) is 14.2. The van der Waals surface area contributed by atoms with Crippen LogP contribution in [0.15, 0.2) is 0 Å². The molecule has 0 spiro atoms.